The number of nitrogens with zero attached hydrogens (tertiary/aromatic N) is 3. The molecule has 0 fully saturated rings. The first-order valence-electron chi connectivity index (χ1n) is 7.59. The molecule has 0 bridgehead atoms. The summed E-state index contributed by atoms with van der Waals surface area (Å²) >= 11 is 1.47. The van der Waals surface area contributed by atoms with Crippen LogP contribution in [0.1, 0.15) is 19.4 Å². The summed E-state index contributed by atoms with van der Waals surface area (Å²) < 4.78 is 1.92. The number of benzene rings is 1. The maximum absolute atomic E-state index is 12.4. The summed E-state index contributed by atoms with van der Waals surface area (Å²) in [6.45, 7) is 4.33. The predicted octanol–water partition coefficient (Wildman–Crippen LogP) is 3.39. The molecular weight excluding hydrogens is 306 g/mol. The highest BCUT2D eigenvalue weighted by molar-refractivity contribution is 7.99. The number of anilines is 1. The van der Waals surface area contributed by atoms with E-state index in [1.807, 2.05) is 30.9 Å². The molecule has 3 rings (SSSR count). The Labute approximate surface area is 141 Å². The molecule has 0 unspecified atom stereocenters. The van der Waals surface area contributed by atoms with Gasteiger partial charge in [-0.05, 0) is 11.6 Å². The maximum atomic E-state index is 12.4. The van der Waals surface area contributed by atoms with Gasteiger partial charge in [-0.3, -0.25) is 4.79 Å². The number of allylic oxidation sites excluding steroid dienone is 2. The van der Waals surface area contributed by atoms with Crippen LogP contribution in [0.25, 0.3) is 0 Å². The summed E-state index contributed by atoms with van der Waals surface area (Å²) in [5.74, 6) is 0.509. The third-order valence-corrected chi connectivity index (χ3v) is 5.44. The maximum Gasteiger partial charge on any atom is 0.168 e. The summed E-state index contributed by atoms with van der Waals surface area (Å²) in [5.41, 5.74) is 3.32. The van der Waals surface area contributed by atoms with Gasteiger partial charge in [0, 0.05) is 49.4 Å². The molecule has 0 aliphatic carbocycles. The molecule has 4 nitrogen and oxygen atoms in total. The molecule has 0 amide bonds. The Morgan fingerprint density at radius 3 is 2.70 bits per heavy atom. The van der Waals surface area contributed by atoms with Gasteiger partial charge in [0.2, 0.25) is 0 Å². The number of aromatic nitrogens is 2. The lowest BCUT2D eigenvalue weighted by atomic mass is 9.83. The van der Waals surface area contributed by atoms with Crippen LogP contribution in [0.3, 0.4) is 0 Å². The average Bonchev–Trinajstić information content (AvgIpc) is 3.01. The summed E-state index contributed by atoms with van der Waals surface area (Å²) in [7, 11) is 3.96. The molecule has 2 heterocycles. The van der Waals surface area contributed by atoms with Gasteiger partial charge >= 0.3 is 0 Å². The molecule has 0 N–H and O–H groups in total. The van der Waals surface area contributed by atoms with E-state index in [-0.39, 0.29) is 11.2 Å². The number of para-hydroxylation sites is 1. The molecule has 23 heavy (non-hydrogen) atoms. The molecule has 1 aliphatic rings. The second kappa shape index (κ2) is 5.89. The molecule has 120 valence electrons. The van der Waals surface area contributed by atoms with Crippen molar-refractivity contribution >= 4 is 23.2 Å². The smallest absolute Gasteiger partial charge is 0.168 e. The van der Waals surface area contributed by atoms with Crippen molar-refractivity contribution in [2.45, 2.75) is 24.4 Å². The Morgan fingerprint density at radius 2 is 2.04 bits per heavy atom. The van der Waals surface area contributed by atoms with Gasteiger partial charge in [0.05, 0.1) is 5.75 Å². The molecular formula is C18H21N3OS. The summed E-state index contributed by atoms with van der Waals surface area (Å²) in [6, 6.07) is 8.33. The van der Waals surface area contributed by atoms with Gasteiger partial charge in [0.1, 0.15) is 0 Å². The number of ketones is 1. The van der Waals surface area contributed by atoms with E-state index >= 15 is 0 Å². The molecule has 1 aromatic heterocycles. The Hall–Kier alpha value is -2.01. The predicted molar refractivity (Wildman–Crippen MR) is 94.9 cm³/mol. The van der Waals surface area contributed by atoms with Crippen LogP contribution < -0.4 is 4.90 Å². The van der Waals surface area contributed by atoms with Crippen molar-refractivity contribution in [3.05, 3.63) is 54.0 Å². The number of hydrogen-bond donors (Lipinski definition) is 0. The van der Waals surface area contributed by atoms with Gasteiger partial charge in [0.15, 0.2) is 10.9 Å². The molecule has 0 saturated heterocycles. The molecule has 5 heteroatoms. The van der Waals surface area contributed by atoms with Gasteiger partial charge in [-0.2, -0.15) is 0 Å². The van der Waals surface area contributed by atoms with Crippen molar-refractivity contribution < 1.29 is 4.79 Å². The Kier molecular flexibility index (Phi) is 4.06. The molecule has 1 aliphatic heterocycles. The van der Waals surface area contributed by atoms with E-state index in [9.17, 15) is 4.79 Å². The number of thioether (sulfide) groups is 1. The van der Waals surface area contributed by atoms with Crippen molar-refractivity contribution in [2.75, 3.05) is 17.7 Å². The van der Waals surface area contributed by atoms with Gasteiger partial charge in [0.25, 0.3) is 0 Å². The lowest BCUT2D eigenvalue weighted by Gasteiger charge is -2.23. The number of rotatable bonds is 4. The van der Waals surface area contributed by atoms with E-state index in [0.29, 0.717) is 5.75 Å². The Balaban J connectivity index is 1.80. The summed E-state index contributed by atoms with van der Waals surface area (Å²) in [6.07, 6.45) is 5.42. The number of carbonyl (C=O) groups excluding carboxylic acids is 1. The van der Waals surface area contributed by atoms with Crippen LogP contribution in [0.15, 0.2) is 53.6 Å². The van der Waals surface area contributed by atoms with Crippen molar-refractivity contribution in [3.8, 4) is 0 Å². The first-order chi connectivity index (χ1) is 10.9. The monoisotopic (exact) mass is 327 g/mol. The minimum absolute atomic E-state index is 0.112. The zero-order valence-electron chi connectivity index (χ0n) is 13.9. The SMILES string of the molecule is CN1/C(=C/C(=O)CSc2nccn2C)C(C)(C)c2ccccc21. The van der Waals surface area contributed by atoms with Gasteiger partial charge in [-0.15, -0.1) is 0 Å². The fourth-order valence-corrected chi connectivity index (χ4v) is 3.83. The molecule has 0 saturated carbocycles. The average molecular weight is 327 g/mol. The molecule has 2 aromatic rings. The lowest BCUT2D eigenvalue weighted by molar-refractivity contribution is -0.112. The first kappa shape index (κ1) is 15.9. The normalized spacial score (nSPS) is 17.6. The second-order valence-corrected chi connectivity index (χ2v) is 7.25. The van der Waals surface area contributed by atoms with E-state index in [1.165, 1.54) is 23.0 Å². The number of likely N-dealkylation sites (N-methyl/N-ethyl adjacent to an activating group) is 1. The Bertz CT molecular complexity index is 776. The summed E-state index contributed by atoms with van der Waals surface area (Å²) in [4.78, 5) is 18.8. The van der Waals surface area contributed by atoms with E-state index in [4.69, 9.17) is 0 Å². The molecule has 0 radical (unpaired) electrons. The van der Waals surface area contributed by atoms with Gasteiger partial charge in [-0.1, -0.05) is 43.8 Å². The van der Waals surface area contributed by atoms with Gasteiger partial charge < -0.3 is 9.47 Å². The highest BCUT2D eigenvalue weighted by Gasteiger charge is 2.38. The standard InChI is InChI=1S/C18H21N3OS/c1-18(2)14-7-5-6-8-15(14)21(4)16(18)11-13(22)12-23-17-19-9-10-20(17)3/h5-11H,12H2,1-4H3/b16-11+. The minimum atomic E-state index is -0.158. The minimum Gasteiger partial charge on any atom is -0.347 e. The third-order valence-electron chi connectivity index (χ3n) is 4.36. The topological polar surface area (TPSA) is 38.1 Å². The zero-order chi connectivity index (χ0) is 16.6. The van der Waals surface area contributed by atoms with Crippen LogP contribution in [0, 0.1) is 0 Å². The summed E-state index contributed by atoms with van der Waals surface area (Å²) in [5, 5.41) is 0.860. The highest BCUT2D eigenvalue weighted by Crippen LogP contribution is 2.46. The number of hydrogen-bond acceptors (Lipinski definition) is 4. The van der Waals surface area contributed by atoms with E-state index < -0.39 is 0 Å². The zero-order valence-corrected chi connectivity index (χ0v) is 14.7. The lowest BCUT2D eigenvalue weighted by Crippen LogP contribution is -2.24. The van der Waals surface area contributed by atoms with Crippen molar-refractivity contribution in [2.24, 2.45) is 7.05 Å². The highest BCUT2D eigenvalue weighted by atomic mass is 32.2. The third kappa shape index (κ3) is 2.81. The van der Waals surface area contributed by atoms with Crippen LogP contribution >= 0.6 is 11.8 Å². The first-order valence-corrected chi connectivity index (χ1v) is 8.58. The van der Waals surface area contributed by atoms with E-state index in [2.05, 4.69) is 41.9 Å². The van der Waals surface area contributed by atoms with Crippen LogP contribution in [0.5, 0.6) is 0 Å². The number of imidazole rings is 1. The van der Waals surface area contributed by atoms with Gasteiger partial charge in [-0.25, -0.2) is 4.98 Å². The van der Waals surface area contributed by atoms with Crippen LogP contribution in [-0.2, 0) is 17.3 Å². The van der Waals surface area contributed by atoms with Crippen molar-refractivity contribution in [3.63, 3.8) is 0 Å². The fraction of sp³-hybridized carbons (Fsp3) is 0.333. The number of fused-ring (bicyclic) bond motifs is 1. The van der Waals surface area contributed by atoms with E-state index in [0.717, 1.165) is 10.9 Å². The fourth-order valence-electron chi connectivity index (χ4n) is 3.08. The number of carbonyl (C=O) groups is 1. The van der Waals surface area contributed by atoms with Crippen molar-refractivity contribution in [1.29, 1.82) is 0 Å². The largest absolute Gasteiger partial charge is 0.347 e. The quantitative estimate of drug-likeness (QED) is 0.637. The van der Waals surface area contributed by atoms with Crippen molar-refractivity contribution in [1.82, 2.24) is 9.55 Å². The van der Waals surface area contributed by atoms with Crippen LogP contribution in [0.4, 0.5) is 5.69 Å². The molecule has 1 aromatic carbocycles. The molecule has 0 spiro atoms. The van der Waals surface area contributed by atoms with E-state index in [1.54, 1.807) is 12.3 Å². The number of aryl methyl sites for hydroxylation is 1. The van der Waals surface area contributed by atoms with Crippen LogP contribution in [-0.4, -0.2) is 28.1 Å². The Morgan fingerprint density at radius 1 is 1.30 bits per heavy atom. The van der Waals surface area contributed by atoms with Crippen LogP contribution in [0.2, 0.25) is 0 Å². The second-order valence-electron chi connectivity index (χ2n) is 6.31. The molecule has 0 atom stereocenters.